The van der Waals surface area contributed by atoms with Crippen molar-refractivity contribution in [1.29, 1.82) is 5.26 Å². The van der Waals surface area contributed by atoms with Gasteiger partial charge in [-0.25, -0.2) is 19.3 Å². The number of nitriles is 1. The number of halogens is 4. The average molecular weight is 663 g/mol. The maximum absolute atomic E-state index is 15.5. The molecule has 2 aromatic carbocycles. The first-order valence-corrected chi connectivity index (χ1v) is 15.0. The van der Waals surface area contributed by atoms with Gasteiger partial charge in [-0.1, -0.05) is 18.1 Å². The molecule has 4 rings (SSSR count). The molecule has 0 saturated heterocycles. The lowest BCUT2D eigenvalue weighted by molar-refractivity contribution is -0.183. The number of likely N-dealkylation sites (N-methyl/N-ethyl adjacent to an activating group) is 1. The van der Waals surface area contributed by atoms with Crippen LogP contribution < -0.4 is 10.5 Å². The highest BCUT2D eigenvalue weighted by atomic mass is 19.4. The molecule has 1 amide bonds. The predicted molar refractivity (Wildman–Crippen MR) is 173 cm³/mol. The number of ether oxygens (including phenoxy) is 1. The zero-order chi connectivity index (χ0) is 35.2. The molecular weight excluding hydrogens is 628 g/mol. The first kappa shape index (κ1) is 35.4. The highest BCUT2D eigenvalue weighted by Gasteiger charge is 2.49. The molecule has 250 valence electrons. The minimum Gasteiger partial charge on any atom is -0.444 e. The van der Waals surface area contributed by atoms with Crippen LogP contribution in [0.5, 0.6) is 0 Å². The van der Waals surface area contributed by atoms with Crippen LogP contribution >= 0.6 is 0 Å². The van der Waals surface area contributed by atoms with E-state index in [-0.39, 0.29) is 18.5 Å². The molecule has 0 fully saturated rings. The van der Waals surface area contributed by atoms with Crippen molar-refractivity contribution in [2.24, 2.45) is 0 Å². The van der Waals surface area contributed by atoms with Crippen LogP contribution in [0.3, 0.4) is 0 Å². The summed E-state index contributed by atoms with van der Waals surface area (Å²) in [4.78, 5) is 32.2. The van der Waals surface area contributed by atoms with Crippen LogP contribution in [0.4, 0.5) is 28.2 Å². The summed E-state index contributed by atoms with van der Waals surface area (Å²) in [5, 5.41) is 16.4. The molecule has 13 heteroatoms. The van der Waals surface area contributed by atoms with E-state index in [0.717, 1.165) is 12.1 Å². The molecule has 4 aromatic rings. The molecule has 0 radical (unpaired) electrons. The normalized spacial score (nSPS) is 12.1. The van der Waals surface area contributed by atoms with Gasteiger partial charge in [-0.15, -0.1) is 5.92 Å². The second-order valence-electron chi connectivity index (χ2n) is 11.9. The molecule has 1 unspecified atom stereocenters. The van der Waals surface area contributed by atoms with E-state index in [2.05, 4.69) is 27.0 Å². The molecule has 0 bridgehead atoms. The number of nitrogens with one attached hydrogen (secondary N) is 1. The number of alkyl halides is 3. The zero-order valence-corrected chi connectivity index (χ0v) is 27.1. The Morgan fingerprint density at radius 1 is 1.04 bits per heavy atom. The Morgan fingerprint density at radius 3 is 2.38 bits per heavy atom. The van der Waals surface area contributed by atoms with Gasteiger partial charge in [-0.05, 0) is 76.6 Å². The van der Waals surface area contributed by atoms with E-state index in [9.17, 15) is 9.59 Å². The number of hydrogen-bond donors (Lipinski definition) is 1. The van der Waals surface area contributed by atoms with Crippen molar-refractivity contribution in [2.75, 3.05) is 24.5 Å². The summed E-state index contributed by atoms with van der Waals surface area (Å²) in [6.45, 7) is 7.66. The Bertz CT molecular complexity index is 1950. The highest BCUT2D eigenvalue weighted by Crippen LogP contribution is 2.40. The first-order chi connectivity index (χ1) is 22.6. The van der Waals surface area contributed by atoms with Crippen molar-refractivity contribution in [3.8, 4) is 17.9 Å². The van der Waals surface area contributed by atoms with Crippen molar-refractivity contribution >= 4 is 22.7 Å². The smallest absolute Gasteiger partial charge is 0.413 e. The fourth-order valence-electron chi connectivity index (χ4n) is 5.15. The van der Waals surface area contributed by atoms with Crippen LogP contribution in [0.15, 0.2) is 59.5 Å². The lowest BCUT2D eigenvalue weighted by Crippen LogP contribution is -2.48. The standard InChI is InChI=1S/C35H34F4N6O3/c1-6-8-22-9-12-25-26(17-22)29(42-43-32(25)46)19-23-10-13-28(36)27(18-23)31(35(37,38)39)45(33(47)48-34(3,4)5)16-15-44(7-2)30-14-11-24(20-40)21-41-30/h9-14,17-18,21,31H,7,15-16,19H2,1-5H3,(H,43,46). The number of amides is 1. The molecule has 0 saturated carbocycles. The monoisotopic (exact) mass is 662 g/mol. The first-order valence-electron chi connectivity index (χ1n) is 15.0. The van der Waals surface area contributed by atoms with Gasteiger partial charge in [0.2, 0.25) is 0 Å². The number of benzene rings is 2. The van der Waals surface area contributed by atoms with E-state index in [0.29, 0.717) is 44.9 Å². The Kier molecular flexibility index (Phi) is 10.7. The second-order valence-corrected chi connectivity index (χ2v) is 11.9. The Balaban J connectivity index is 1.77. The molecule has 2 heterocycles. The number of hydrogen-bond acceptors (Lipinski definition) is 7. The summed E-state index contributed by atoms with van der Waals surface area (Å²) in [6.07, 6.45) is -5.12. The van der Waals surface area contributed by atoms with Crippen molar-refractivity contribution in [1.82, 2.24) is 20.1 Å². The number of anilines is 1. The largest absolute Gasteiger partial charge is 0.444 e. The molecule has 0 aliphatic heterocycles. The molecular formula is C35H34F4N6O3. The number of pyridine rings is 1. The summed E-state index contributed by atoms with van der Waals surface area (Å²) < 4.78 is 66.0. The van der Waals surface area contributed by atoms with E-state index in [4.69, 9.17) is 10.00 Å². The van der Waals surface area contributed by atoms with Crippen molar-refractivity contribution in [3.63, 3.8) is 0 Å². The fourth-order valence-corrected chi connectivity index (χ4v) is 5.15. The van der Waals surface area contributed by atoms with Gasteiger partial charge in [0.15, 0.2) is 6.04 Å². The van der Waals surface area contributed by atoms with Crippen LogP contribution in [0, 0.1) is 29.0 Å². The minimum atomic E-state index is -5.11. The number of nitrogens with zero attached hydrogens (tertiary/aromatic N) is 5. The topological polar surface area (TPSA) is 115 Å². The van der Waals surface area contributed by atoms with Crippen LogP contribution in [0.25, 0.3) is 10.8 Å². The molecule has 0 aliphatic rings. The molecule has 1 N–H and O–H groups in total. The van der Waals surface area contributed by atoms with Crippen molar-refractivity contribution in [2.45, 2.75) is 58.9 Å². The van der Waals surface area contributed by atoms with E-state index in [1.807, 2.05) is 6.07 Å². The van der Waals surface area contributed by atoms with Crippen LogP contribution in [-0.2, 0) is 11.2 Å². The van der Waals surface area contributed by atoms with Gasteiger partial charge in [-0.2, -0.15) is 23.5 Å². The molecule has 0 aliphatic carbocycles. The maximum Gasteiger partial charge on any atom is 0.413 e. The number of rotatable bonds is 9. The minimum absolute atomic E-state index is 0.0610. The SMILES string of the molecule is CC#Cc1ccc2c(=O)[nH]nc(Cc3ccc(F)c(C(N(CCN(CC)c4ccc(C#N)cn4)C(=O)OC(C)(C)C)C(F)(F)F)c3)c2c1. The number of aromatic nitrogens is 3. The Hall–Kier alpha value is -5.43. The Morgan fingerprint density at radius 2 is 1.77 bits per heavy atom. The second kappa shape index (κ2) is 14.6. The zero-order valence-electron chi connectivity index (χ0n) is 27.1. The van der Waals surface area contributed by atoms with E-state index in [1.165, 1.54) is 39.1 Å². The molecule has 48 heavy (non-hydrogen) atoms. The summed E-state index contributed by atoms with van der Waals surface area (Å²) in [6, 6.07) is 10.5. The fraction of sp³-hybridized carbons (Fsp3) is 0.343. The van der Waals surface area contributed by atoms with Crippen LogP contribution in [0.1, 0.15) is 68.6 Å². The third-order valence-corrected chi connectivity index (χ3v) is 7.31. The number of H-pyrrole nitrogens is 1. The summed E-state index contributed by atoms with van der Waals surface area (Å²) in [7, 11) is 0. The van der Waals surface area contributed by atoms with E-state index in [1.54, 1.807) is 43.0 Å². The predicted octanol–water partition coefficient (Wildman–Crippen LogP) is 6.66. The lowest BCUT2D eigenvalue weighted by atomic mass is 9.97. The lowest BCUT2D eigenvalue weighted by Gasteiger charge is -2.36. The third-order valence-electron chi connectivity index (χ3n) is 7.31. The summed E-state index contributed by atoms with van der Waals surface area (Å²) in [5.41, 5.74) is -0.872. The van der Waals surface area contributed by atoms with Gasteiger partial charge in [0, 0.05) is 48.8 Å². The van der Waals surface area contributed by atoms with Gasteiger partial charge in [0.25, 0.3) is 5.56 Å². The van der Waals surface area contributed by atoms with Gasteiger partial charge >= 0.3 is 12.3 Å². The number of carbonyl (C=O) groups excluding carboxylic acids is 1. The van der Waals surface area contributed by atoms with Crippen LogP contribution in [0.2, 0.25) is 0 Å². The van der Waals surface area contributed by atoms with Gasteiger partial charge in [0.05, 0.1) is 16.6 Å². The van der Waals surface area contributed by atoms with Crippen molar-refractivity contribution in [3.05, 3.63) is 98.8 Å². The van der Waals surface area contributed by atoms with Gasteiger partial charge in [-0.3, -0.25) is 9.69 Å². The quantitative estimate of drug-likeness (QED) is 0.158. The maximum atomic E-state index is 15.5. The van der Waals surface area contributed by atoms with Gasteiger partial charge < -0.3 is 9.64 Å². The van der Waals surface area contributed by atoms with Crippen LogP contribution in [-0.4, -0.2) is 57.6 Å². The summed E-state index contributed by atoms with van der Waals surface area (Å²) >= 11 is 0. The Labute approximate surface area is 275 Å². The van der Waals surface area contributed by atoms with Gasteiger partial charge in [0.1, 0.15) is 23.3 Å². The average Bonchev–Trinajstić information content (AvgIpc) is 3.02. The number of carbonyl (C=O) groups is 1. The molecule has 0 spiro atoms. The molecule has 9 nitrogen and oxygen atoms in total. The highest BCUT2D eigenvalue weighted by molar-refractivity contribution is 5.85. The number of fused-ring (bicyclic) bond motifs is 1. The molecule has 2 aromatic heterocycles. The third kappa shape index (κ3) is 8.48. The number of aromatic amines is 1. The molecule has 1 atom stereocenters. The van der Waals surface area contributed by atoms with E-state index < -0.39 is 47.4 Å². The van der Waals surface area contributed by atoms with E-state index >= 15 is 17.6 Å². The summed E-state index contributed by atoms with van der Waals surface area (Å²) in [5.74, 6) is 4.89. The van der Waals surface area contributed by atoms with Crippen molar-refractivity contribution < 1.29 is 27.1 Å².